The molecule has 0 aromatic heterocycles. The van der Waals surface area contributed by atoms with Crippen LogP contribution in [0.1, 0.15) is 6.42 Å². The van der Waals surface area contributed by atoms with Crippen LogP contribution in [0.5, 0.6) is 11.5 Å². The van der Waals surface area contributed by atoms with E-state index in [0.717, 1.165) is 0 Å². The summed E-state index contributed by atoms with van der Waals surface area (Å²) in [6.07, 6.45) is -0.0809. The van der Waals surface area contributed by atoms with Crippen LogP contribution in [0.4, 0.5) is 10.5 Å². The monoisotopic (exact) mass is 298 g/mol. The first-order chi connectivity index (χ1) is 10.0. The molecule has 2 amide bonds. The van der Waals surface area contributed by atoms with Crippen molar-refractivity contribution in [1.82, 2.24) is 5.32 Å². The number of rotatable bonds is 7. The van der Waals surface area contributed by atoms with Gasteiger partial charge in [0.2, 0.25) is 0 Å². The molecule has 0 spiro atoms. The number of methoxy groups -OCH3 is 2. The fourth-order valence-electron chi connectivity index (χ4n) is 1.60. The van der Waals surface area contributed by atoms with E-state index >= 15 is 0 Å². The largest absolute Gasteiger partial charge is 0.497 e. The summed E-state index contributed by atoms with van der Waals surface area (Å²) in [7, 11) is 2.94. The summed E-state index contributed by atoms with van der Waals surface area (Å²) in [6.45, 7) is -0.344. The maximum atomic E-state index is 11.8. The average Bonchev–Trinajstić information content (AvgIpc) is 2.47. The van der Waals surface area contributed by atoms with Crippen LogP contribution in [-0.2, 0) is 4.79 Å². The number of urea groups is 1. The molecule has 0 saturated carbocycles. The summed E-state index contributed by atoms with van der Waals surface area (Å²) >= 11 is 0. The third-order valence-corrected chi connectivity index (χ3v) is 2.68. The second-order valence-corrected chi connectivity index (χ2v) is 4.07. The maximum absolute atomic E-state index is 11.8. The Balaban J connectivity index is 2.76. The van der Waals surface area contributed by atoms with Crippen molar-refractivity contribution in [3.05, 3.63) is 18.2 Å². The van der Waals surface area contributed by atoms with E-state index in [1.807, 2.05) is 0 Å². The van der Waals surface area contributed by atoms with E-state index in [9.17, 15) is 9.59 Å². The number of carboxylic acids is 1. The Kier molecular flexibility index (Phi) is 6.28. The van der Waals surface area contributed by atoms with Gasteiger partial charge < -0.3 is 30.3 Å². The van der Waals surface area contributed by atoms with Crippen molar-refractivity contribution in [2.75, 3.05) is 26.1 Å². The molecule has 0 aliphatic rings. The summed E-state index contributed by atoms with van der Waals surface area (Å²) in [5.41, 5.74) is 0.365. The molecular weight excluding hydrogens is 280 g/mol. The molecule has 21 heavy (non-hydrogen) atoms. The van der Waals surface area contributed by atoms with Crippen molar-refractivity contribution in [1.29, 1.82) is 0 Å². The highest BCUT2D eigenvalue weighted by atomic mass is 16.5. The number of carbonyl (C=O) groups is 2. The van der Waals surface area contributed by atoms with Crippen molar-refractivity contribution in [2.45, 2.75) is 12.5 Å². The maximum Gasteiger partial charge on any atom is 0.326 e. The van der Waals surface area contributed by atoms with Gasteiger partial charge in [0.15, 0.2) is 0 Å². The standard InChI is InChI=1S/C13H18N2O6/c1-20-8-3-4-9(11(7-8)21-2)14-13(19)15-10(5-6-16)12(17)18/h3-4,7,10,16H,5-6H2,1-2H3,(H,17,18)(H2,14,15,19). The smallest absolute Gasteiger partial charge is 0.326 e. The number of aliphatic hydroxyl groups is 1. The number of aliphatic hydroxyl groups excluding tert-OH is 1. The molecule has 0 aliphatic carbocycles. The molecule has 1 aromatic rings. The van der Waals surface area contributed by atoms with E-state index in [4.69, 9.17) is 19.7 Å². The molecule has 1 unspecified atom stereocenters. The van der Waals surface area contributed by atoms with Crippen molar-refractivity contribution in [2.24, 2.45) is 0 Å². The van der Waals surface area contributed by atoms with E-state index < -0.39 is 18.0 Å². The van der Waals surface area contributed by atoms with Gasteiger partial charge in [0.05, 0.1) is 19.9 Å². The van der Waals surface area contributed by atoms with Gasteiger partial charge in [-0.1, -0.05) is 0 Å². The number of nitrogens with one attached hydrogen (secondary N) is 2. The number of carbonyl (C=O) groups excluding carboxylic acids is 1. The Hall–Kier alpha value is -2.48. The van der Waals surface area contributed by atoms with E-state index in [-0.39, 0.29) is 13.0 Å². The van der Waals surface area contributed by atoms with E-state index in [1.165, 1.54) is 14.2 Å². The number of anilines is 1. The molecule has 0 fully saturated rings. The van der Waals surface area contributed by atoms with Crippen LogP contribution in [0.15, 0.2) is 18.2 Å². The fourth-order valence-corrected chi connectivity index (χ4v) is 1.60. The summed E-state index contributed by atoms with van der Waals surface area (Å²) in [5.74, 6) is -0.291. The zero-order valence-corrected chi connectivity index (χ0v) is 11.8. The Morgan fingerprint density at radius 1 is 1.29 bits per heavy atom. The summed E-state index contributed by atoms with van der Waals surface area (Å²) < 4.78 is 10.1. The highest BCUT2D eigenvalue weighted by Crippen LogP contribution is 2.28. The minimum atomic E-state index is -1.22. The molecule has 1 aromatic carbocycles. The first-order valence-electron chi connectivity index (χ1n) is 6.15. The van der Waals surface area contributed by atoms with Crippen LogP contribution in [0.2, 0.25) is 0 Å². The molecule has 8 nitrogen and oxygen atoms in total. The molecule has 0 radical (unpaired) electrons. The average molecular weight is 298 g/mol. The van der Waals surface area contributed by atoms with Gasteiger partial charge in [-0.15, -0.1) is 0 Å². The number of hydrogen-bond acceptors (Lipinski definition) is 5. The minimum Gasteiger partial charge on any atom is -0.497 e. The predicted octanol–water partition coefficient (Wildman–Crippen LogP) is 0.661. The van der Waals surface area contributed by atoms with Gasteiger partial charge in [-0.2, -0.15) is 0 Å². The Bertz CT molecular complexity index is 505. The Labute approximate surface area is 121 Å². The lowest BCUT2D eigenvalue weighted by Gasteiger charge is -2.15. The number of benzene rings is 1. The van der Waals surface area contributed by atoms with E-state index in [2.05, 4.69) is 10.6 Å². The number of hydrogen-bond donors (Lipinski definition) is 4. The second kappa shape index (κ2) is 7.95. The second-order valence-electron chi connectivity index (χ2n) is 4.07. The number of amides is 2. The lowest BCUT2D eigenvalue weighted by atomic mass is 10.2. The van der Waals surface area contributed by atoms with Gasteiger partial charge in [-0.25, -0.2) is 9.59 Å². The zero-order chi connectivity index (χ0) is 15.8. The van der Waals surface area contributed by atoms with Gasteiger partial charge in [0.1, 0.15) is 17.5 Å². The first-order valence-corrected chi connectivity index (χ1v) is 6.15. The van der Waals surface area contributed by atoms with Crippen molar-refractivity contribution in [3.63, 3.8) is 0 Å². The predicted molar refractivity (Wildman–Crippen MR) is 74.8 cm³/mol. The normalized spacial score (nSPS) is 11.4. The quantitative estimate of drug-likeness (QED) is 0.587. The van der Waals surface area contributed by atoms with E-state index in [1.54, 1.807) is 18.2 Å². The molecule has 0 bridgehead atoms. The summed E-state index contributed by atoms with van der Waals surface area (Å²) in [5, 5.41) is 22.4. The van der Waals surface area contributed by atoms with E-state index in [0.29, 0.717) is 17.2 Å². The van der Waals surface area contributed by atoms with Crippen molar-refractivity contribution in [3.8, 4) is 11.5 Å². The Morgan fingerprint density at radius 3 is 2.52 bits per heavy atom. The van der Waals surface area contributed by atoms with Crippen LogP contribution < -0.4 is 20.1 Å². The van der Waals surface area contributed by atoms with Crippen LogP contribution in [0.25, 0.3) is 0 Å². The van der Waals surface area contributed by atoms with Crippen molar-refractivity contribution >= 4 is 17.7 Å². The van der Waals surface area contributed by atoms with Crippen LogP contribution in [-0.4, -0.2) is 49.1 Å². The van der Waals surface area contributed by atoms with Gasteiger partial charge in [-0.3, -0.25) is 0 Å². The first kappa shape index (κ1) is 16.6. The molecule has 1 atom stereocenters. The topological polar surface area (TPSA) is 117 Å². The number of ether oxygens (including phenoxy) is 2. The molecule has 0 heterocycles. The van der Waals surface area contributed by atoms with Gasteiger partial charge in [0, 0.05) is 19.1 Å². The molecule has 8 heteroatoms. The molecule has 116 valence electrons. The lowest BCUT2D eigenvalue weighted by Crippen LogP contribution is -2.43. The SMILES string of the molecule is COc1ccc(NC(=O)NC(CCO)C(=O)O)c(OC)c1. The molecule has 0 saturated heterocycles. The van der Waals surface area contributed by atoms with Crippen LogP contribution in [0.3, 0.4) is 0 Å². The van der Waals surface area contributed by atoms with Gasteiger partial charge in [0.25, 0.3) is 0 Å². The highest BCUT2D eigenvalue weighted by Gasteiger charge is 2.19. The highest BCUT2D eigenvalue weighted by molar-refractivity contribution is 5.93. The van der Waals surface area contributed by atoms with Crippen LogP contribution in [0, 0.1) is 0 Å². The number of aliphatic carboxylic acids is 1. The fraction of sp³-hybridized carbons (Fsp3) is 0.385. The molecular formula is C13H18N2O6. The lowest BCUT2D eigenvalue weighted by molar-refractivity contribution is -0.139. The minimum absolute atomic E-state index is 0.0809. The number of carboxylic acid groups (broad SMARTS) is 1. The molecule has 4 N–H and O–H groups in total. The summed E-state index contributed by atoms with van der Waals surface area (Å²) in [4.78, 5) is 22.7. The Morgan fingerprint density at radius 2 is 2.00 bits per heavy atom. The zero-order valence-electron chi connectivity index (χ0n) is 11.8. The van der Waals surface area contributed by atoms with Gasteiger partial charge in [-0.05, 0) is 12.1 Å². The molecule has 1 rings (SSSR count). The van der Waals surface area contributed by atoms with Gasteiger partial charge >= 0.3 is 12.0 Å². The van der Waals surface area contributed by atoms with Crippen LogP contribution >= 0.6 is 0 Å². The molecule has 0 aliphatic heterocycles. The third kappa shape index (κ3) is 4.84. The third-order valence-electron chi connectivity index (χ3n) is 2.68. The summed E-state index contributed by atoms with van der Waals surface area (Å²) in [6, 6.07) is 2.90. The van der Waals surface area contributed by atoms with Crippen molar-refractivity contribution < 1.29 is 29.3 Å².